The van der Waals surface area contributed by atoms with Gasteiger partial charge in [-0.15, -0.1) is 6.42 Å². The Bertz CT molecular complexity index is 618. The van der Waals surface area contributed by atoms with Gasteiger partial charge in [-0.05, 0) is 12.3 Å². The molecule has 2 atom stereocenters. The van der Waals surface area contributed by atoms with E-state index in [1.807, 2.05) is 0 Å². The molecule has 8 heteroatoms. The molecule has 118 valence electrons. The summed E-state index contributed by atoms with van der Waals surface area (Å²) in [7, 11) is 3.26. The zero-order valence-electron chi connectivity index (χ0n) is 12.6. The van der Waals surface area contributed by atoms with Crippen LogP contribution in [0.4, 0.5) is 5.82 Å². The van der Waals surface area contributed by atoms with Crippen LogP contribution in [0.15, 0.2) is 6.20 Å². The number of ether oxygens (including phenoxy) is 1. The topological polar surface area (TPSA) is 102 Å². The third kappa shape index (κ3) is 2.76. The van der Waals surface area contributed by atoms with Crippen molar-refractivity contribution in [2.75, 3.05) is 32.6 Å². The molecule has 2 amide bonds. The van der Waals surface area contributed by atoms with Gasteiger partial charge in [-0.1, -0.05) is 0 Å². The van der Waals surface area contributed by atoms with E-state index in [-0.39, 0.29) is 18.0 Å². The van der Waals surface area contributed by atoms with Crippen LogP contribution < -0.4 is 11.1 Å². The van der Waals surface area contributed by atoms with Gasteiger partial charge in [-0.25, -0.2) is 4.68 Å². The Hall–Kier alpha value is -2.53. The van der Waals surface area contributed by atoms with Gasteiger partial charge < -0.3 is 20.7 Å². The van der Waals surface area contributed by atoms with Crippen molar-refractivity contribution in [3.05, 3.63) is 11.8 Å². The first-order chi connectivity index (χ1) is 10.5. The van der Waals surface area contributed by atoms with Crippen molar-refractivity contribution in [3.8, 4) is 12.3 Å². The van der Waals surface area contributed by atoms with Crippen molar-refractivity contribution in [3.63, 3.8) is 0 Å². The number of likely N-dealkylation sites (tertiary alicyclic amines) is 1. The number of carbonyl (C=O) groups excluding carboxylic acids is 2. The fourth-order valence-corrected chi connectivity index (χ4v) is 2.82. The van der Waals surface area contributed by atoms with E-state index in [1.54, 1.807) is 23.7 Å². The second-order valence-electron chi connectivity index (χ2n) is 5.07. The van der Waals surface area contributed by atoms with Gasteiger partial charge in [0, 0.05) is 20.7 Å². The number of rotatable bonds is 5. The van der Waals surface area contributed by atoms with Crippen LogP contribution in [0.5, 0.6) is 0 Å². The molecule has 1 aliphatic heterocycles. The summed E-state index contributed by atoms with van der Waals surface area (Å²) >= 11 is 0. The molecule has 1 aliphatic rings. The Balaban J connectivity index is 2.29. The van der Waals surface area contributed by atoms with E-state index in [1.165, 1.54) is 6.20 Å². The van der Waals surface area contributed by atoms with E-state index in [2.05, 4.69) is 16.3 Å². The first kappa shape index (κ1) is 15.9. The Morgan fingerprint density at radius 3 is 2.91 bits per heavy atom. The van der Waals surface area contributed by atoms with Crippen LogP contribution in [0.2, 0.25) is 0 Å². The van der Waals surface area contributed by atoms with Gasteiger partial charge in [0.2, 0.25) is 0 Å². The molecule has 1 saturated heterocycles. The largest absolute Gasteiger partial charge is 0.383 e. The van der Waals surface area contributed by atoms with Crippen LogP contribution in [0, 0.1) is 12.3 Å². The second kappa shape index (κ2) is 6.49. The number of terminal acetylenes is 1. The lowest BCUT2D eigenvalue weighted by Crippen LogP contribution is -2.37. The normalized spacial score (nSPS) is 20.7. The average molecular weight is 305 g/mol. The number of anilines is 1. The Labute approximate surface area is 128 Å². The van der Waals surface area contributed by atoms with E-state index in [9.17, 15) is 9.59 Å². The van der Waals surface area contributed by atoms with Crippen LogP contribution in [-0.4, -0.2) is 59.8 Å². The highest BCUT2D eigenvalue weighted by Crippen LogP contribution is 2.30. The number of amides is 2. The predicted octanol–water partition coefficient (Wildman–Crippen LogP) is -0.555. The van der Waals surface area contributed by atoms with E-state index in [0.29, 0.717) is 31.0 Å². The molecule has 1 aromatic heterocycles. The van der Waals surface area contributed by atoms with E-state index in [0.717, 1.165) is 0 Å². The summed E-state index contributed by atoms with van der Waals surface area (Å²) in [6, 6.07) is -0.225. The van der Waals surface area contributed by atoms with Crippen molar-refractivity contribution in [2.45, 2.75) is 18.5 Å². The van der Waals surface area contributed by atoms with Gasteiger partial charge in [0.25, 0.3) is 11.8 Å². The molecule has 0 unspecified atom stereocenters. The van der Waals surface area contributed by atoms with Crippen LogP contribution in [0.1, 0.15) is 22.8 Å². The minimum absolute atomic E-state index is 0.104. The Morgan fingerprint density at radius 2 is 2.36 bits per heavy atom. The van der Waals surface area contributed by atoms with E-state index >= 15 is 0 Å². The number of nitrogens with zero attached hydrogens (tertiary/aromatic N) is 3. The van der Waals surface area contributed by atoms with Crippen LogP contribution in [-0.2, 0) is 9.53 Å². The summed E-state index contributed by atoms with van der Waals surface area (Å²) in [5.41, 5.74) is 5.64. The quantitative estimate of drug-likeness (QED) is 0.710. The second-order valence-corrected chi connectivity index (χ2v) is 5.07. The number of nitrogens with two attached hydrogens (primary N) is 1. The molecular formula is C14H19N5O3. The lowest BCUT2D eigenvalue weighted by Gasteiger charge is -2.21. The molecular weight excluding hydrogens is 286 g/mol. The van der Waals surface area contributed by atoms with Crippen molar-refractivity contribution in [1.82, 2.24) is 14.7 Å². The molecule has 3 N–H and O–H groups in total. The van der Waals surface area contributed by atoms with Crippen molar-refractivity contribution >= 4 is 17.6 Å². The van der Waals surface area contributed by atoms with Gasteiger partial charge in [0.15, 0.2) is 0 Å². The van der Waals surface area contributed by atoms with Gasteiger partial charge in [-0.2, -0.15) is 5.10 Å². The molecule has 0 aliphatic carbocycles. The summed E-state index contributed by atoms with van der Waals surface area (Å²) in [6.07, 6.45) is 7.27. The van der Waals surface area contributed by atoms with Crippen molar-refractivity contribution in [1.29, 1.82) is 0 Å². The van der Waals surface area contributed by atoms with Gasteiger partial charge in [0.05, 0.1) is 24.9 Å². The summed E-state index contributed by atoms with van der Waals surface area (Å²) < 4.78 is 6.83. The molecule has 8 nitrogen and oxygen atoms in total. The third-order valence-electron chi connectivity index (χ3n) is 3.78. The standard InChI is InChI=1S/C14H19N5O3/c1-4-12(20)18-7-9(5-10(18)8-22-3)19-14(16-2)11(6-17-19)13(15)21/h1,6,9-10,16H,5,7-8H2,2-3H3,(H2,15,21)/t9-,10+/m0/s1. The minimum Gasteiger partial charge on any atom is -0.383 e. The number of hydrogen-bond donors (Lipinski definition) is 2. The van der Waals surface area contributed by atoms with Crippen LogP contribution >= 0.6 is 0 Å². The molecule has 0 bridgehead atoms. The zero-order valence-corrected chi connectivity index (χ0v) is 12.6. The van der Waals surface area contributed by atoms with Gasteiger partial charge in [-0.3, -0.25) is 9.59 Å². The maximum absolute atomic E-state index is 11.9. The Kier molecular flexibility index (Phi) is 4.68. The van der Waals surface area contributed by atoms with Crippen LogP contribution in [0.25, 0.3) is 0 Å². The predicted molar refractivity (Wildman–Crippen MR) is 80.2 cm³/mol. The maximum atomic E-state index is 11.9. The Morgan fingerprint density at radius 1 is 1.64 bits per heavy atom. The number of aromatic nitrogens is 2. The SMILES string of the molecule is C#CC(=O)N1C[C@@H](n2ncc(C(N)=O)c2NC)C[C@@H]1COC. The highest BCUT2D eigenvalue weighted by atomic mass is 16.5. The van der Waals surface area contributed by atoms with Gasteiger partial charge >= 0.3 is 0 Å². The fourth-order valence-electron chi connectivity index (χ4n) is 2.82. The first-order valence-corrected chi connectivity index (χ1v) is 6.84. The number of nitrogens with one attached hydrogen (secondary N) is 1. The lowest BCUT2D eigenvalue weighted by molar-refractivity contribution is -0.126. The summed E-state index contributed by atoms with van der Waals surface area (Å²) in [5, 5.41) is 7.16. The smallest absolute Gasteiger partial charge is 0.298 e. The highest BCUT2D eigenvalue weighted by Gasteiger charge is 2.37. The molecule has 1 fully saturated rings. The molecule has 2 heterocycles. The molecule has 22 heavy (non-hydrogen) atoms. The number of methoxy groups -OCH3 is 1. The van der Waals surface area contributed by atoms with E-state index in [4.69, 9.17) is 16.9 Å². The fraction of sp³-hybridized carbons (Fsp3) is 0.500. The number of carbonyl (C=O) groups is 2. The van der Waals surface area contributed by atoms with Crippen LogP contribution in [0.3, 0.4) is 0 Å². The summed E-state index contributed by atoms with van der Waals surface area (Å²) in [5.74, 6) is 1.73. The van der Waals surface area contributed by atoms with Crippen molar-refractivity contribution in [2.24, 2.45) is 5.73 Å². The first-order valence-electron chi connectivity index (χ1n) is 6.84. The third-order valence-corrected chi connectivity index (χ3v) is 3.78. The molecule has 1 aromatic rings. The molecule has 0 spiro atoms. The number of primary amides is 1. The average Bonchev–Trinajstić information content (AvgIpc) is 3.10. The van der Waals surface area contributed by atoms with E-state index < -0.39 is 5.91 Å². The molecule has 0 radical (unpaired) electrons. The van der Waals surface area contributed by atoms with Crippen molar-refractivity contribution < 1.29 is 14.3 Å². The number of hydrogen-bond acceptors (Lipinski definition) is 5. The molecule has 0 saturated carbocycles. The highest BCUT2D eigenvalue weighted by molar-refractivity contribution is 5.97. The maximum Gasteiger partial charge on any atom is 0.298 e. The van der Waals surface area contributed by atoms with Gasteiger partial charge in [0.1, 0.15) is 11.4 Å². The summed E-state index contributed by atoms with van der Waals surface area (Å²) in [6.45, 7) is 0.800. The molecule has 0 aromatic carbocycles. The zero-order chi connectivity index (χ0) is 16.3. The monoisotopic (exact) mass is 305 g/mol. The molecule has 2 rings (SSSR count). The summed E-state index contributed by atoms with van der Waals surface area (Å²) in [4.78, 5) is 24.9. The minimum atomic E-state index is -0.557. The lowest BCUT2D eigenvalue weighted by atomic mass is 10.2.